The lowest BCUT2D eigenvalue weighted by molar-refractivity contribution is -0.118. The molecular weight excluding hydrogens is 385 g/mol. The summed E-state index contributed by atoms with van der Waals surface area (Å²) in [6.45, 7) is 1.93. The van der Waals surface area contributed by atoms with E-state index >= 15 is 0 Å². The van der Waals surface area contributed by atoms with Gasteiger partial charge in [-0.3, -0.25) is 4.79 Å². The molecule has 3 aromatic rings. The summed E-state index contributed by atoms with van der Waals surface area (Å²) in [6, 6.07) is 14.8. The highest BCUT2D eigenvalue weighted by molar-refractivity contribution is 5.92. The number of rotatable bonds is 7. The summed E-state index contributed by atoms with van der Waals surface area (Å²) in [4.78, 5) is 14.3. The van der Waals surface area contributed by atoms with E-state index in [1.54, 1.807) is 18.3 Å². The lowest BCUT2D eigenvalue weighted by Crippen LogP contribution is -2.20. The van der Waals surface area contributed by atoms with E-state index in [0.29, 0.717) is 17.3 Å². The monoisotopic (exact) mass is 407 g/mol. The average molecular weight is 407 g/mol. The summed E-state index contributed by atoms with van der Waals surface area (Å²) in [5, 5.41) is 14.2. The smallest absolute Gasteiger partial charge is 0.262 e. The van der Waals surface area contributed by atoms with Crippen molar-refractivity contribution in [2.45, 2.75) is 12.8 Å². The van der Waals surface area contributed by atoms with Gasteiger partial charge in [-0.05, 0) is 61.4 Å². The van der Waals surface area contributed by atoms with Crippen molar-refractivity contribution < 1.29 is 13.9 Å². The SMILES string of the molecule is O=C(COc1ccc(F)cc1)Nc1ccc(Nc2cc(N3CCCC3)cnn2)cc1. The Morgan fingerprint density at radius 3 is 2.47 bits per heavy atom. The number of carbonyl (C=O) groups is 1. The maximum absolute atomic E-state index is 12.9. The molecule has 1 saturated heterocycles. The Morgan fingerprint density at radius 1 is 1.03 bits per heavy atom. The molecule has 0 atom stereocenters. The first-order chi connectivity index (χ1) is 14.7. The average Bonchev–Trinajstić information content (AvgIpc) is 3.30. The highest BCUT2D eigenvalue weighted by Crippen LogP contribution is 2.23. The molecule has 1 aliphatic heterocycles. The molecule has 1 aliphatic rings. The fourth-order valence-corrected chi connectivity index (χ4v) is 3.23. The molecule has 0 aliphatic carbocycles. The Hall–Kier alpha value is -3.68. The van der Waals surface area contributed by atoms with E-state index in [9.17, 15) is 9.18 Å². The normalized spacial score (nSPS) is 13.2. The maximum Gasteiger partial charge on any atom is 0.262 e. The number of nitrogens with zero attached hydrogens (tertiary/aromatic N) is 3. The van der Waals surface area contributed by atoms with E-state index in [0.717, 1.165) is 24.5 Å². The minimum atomic E-state index is -0.353. The lowest BCUT2D eigenvalue weighted by Gasteiger charge is -2.17. The number of anilines is 4. The summed E-state index contributed by atoms with van der Waals surface area (Å²) in [5.41, 5.74) is 2.55. The van der Waals surface area contributed by atoms with Crippen LogP contribution in [0, 0.1) is 5.82 Å². The Morgan fingerprint density at radius 2 is 1.73 bits per heavy atom. The molecule has 2 aromatic carbocycles. The molecule has 4 rings (SSSR count). The van der Waals surface area contributed by atoms with Gasteiger partial charge in [0.1, 0.15) is 11.6 Å². The molecule has 30 heavy (non-hydrogen) atoms. The second-order valence-corrected chi connectivity index (χ2v) is 6.99. The van der Waals surface area contributed by atoms with Crippen molar-refractivity contribution in [3.63, 3.8) is 0 Å². The van der Waals surface area contributed by atoms with Crippen molar-refractivity contribution in [1.29, 1.82) is 0 Å². The second-order valence-electron chi connectivity index (χ2n) is 6.99. The van der Waals surface area contributed by atoms with Gasteiger partial charge in [0.15, 0.2) is 12.4 Å². The van der Waals surface area contributed by atoms with Gasteiger partial charge in [-0.25, -0.2) is 4.39 Å². The van der Waals surface area contributed by atoms with Crippen molar-refractivity contribution >= 4 is 28.8 Å². The molecule has 0 bridgehead atoms. The second kappa shape index (κ2) is 9.21. The van der Waals surface area contributed by atoms with E-state index in [1.165, 1.54) is 37.1 Å². The van der Waals surface area contributed by atoms with Crippen LogP contribution in [-0.4, -0.2) is 35.8 Å². The molecule has 1 aromatic heterocycles. The molecule has 8 heteroatoms. The zero-order chi connectivity index (χ0) is 20.8. The first-order valence-corrected chi connectivity index (χ1v) is 9.79. The van der Waals surface area contributed by atoms with Crippen LogP contribution in [0.25, 0.3) is 0 Å². The van der Waals surface area contributed by atoms with E-state index in [1.807, 2.05) is 18.2 Å². The van der Waals surface area contributed by atoms with Crippen LogP contribution in [0.15, 0.2) is 60.8 Å². The van der Waals surface area contributed by atoms with E-state index < -0.39 is 0 Å². The quantitative estimate of drug-likeness (QED) is 0.617. The summed E-state index contributed by atoms with van der Waals surface area (Å²) in [7, 11) is 0. The first-order valence-electron chi connectivity index (χ1n) is 9.79. The number of carbonyl (C=O) groups excluding carboxylic acids is 1. The number of amides is 1. The number of hydrogen-bond donors (Lipinski definition) is 2. The van der Waals surface area contributed by atoms with Crippen LogP contribution in [0.3, 0.4) is 0 Å². The Balaban J connectivity index is 1.30. The molecule has 0 radical (unpaired) electrons. The minimum absolute atomic E-state index is 0.162. The third-order valence-electron chi connectivity index (χ3n) is 4.74. The summed E-state index contributed by atoms with van der Waals surface area (Å²) in [5.74, 6) is 0.450. The van der Waals surface area contributed by atoms with Crippen LogP contribution in [-0.2, 0) is 4.79 Å². The van der Waals surface area contributed by atoms with Crippen molar-refractivity contribution in [3.8, 4) is 5.75 Å². The summed E-state index contributed by atoms with van der Waals surface area (Å²) >= 11 is 0. The summed E-state index contributed by atoms with van der Waals surface area (Å²) in [6.07, 6.45) is 4.18. The van der Waals surface area contributed by atoms with Gasteiger partial charge in [-0.1, -0.05) is 0 Å². The maximum atomic E-state index is 12.9. The van der Waals surface area contributed by atoms with Crippen molar-refractivity contribution in [1.82, 2.24) is 10.2 Å². The molecule has 0 saturated carbocycles. The Bertz CT molecular complexity index is 989. The zero-order valence-corrected chi connectivity index (χ0v) is 16.3. The lowest BCUT2D eigenvalue weighted by atomic mass is 10.2. The predicted molar refractivity (Wildman–Crippen MR) is 114 cm³/mol. The standard InChI is InChI=1S/C22H22FN5O2/c23-16-3-9-20(10-4-16)30-15-22(29)26-18-7-5-17(6-8-18)25-21-13-19(14-24-27-21)28-11-1-2-12-28/h3-10,13-14H,1-2,11-12,15H2,(H,25,27)(H,26,29). The molecule has 154 valence electrons. The number of hydrogen-bond acceptors (Lipinski definition) is 6. The fraction of sp³-hybridized carbons (Fsp3) is 0.227. The van der Waals surface area contributed by atoms with Crippen LogP contribution in [0.4, 0.5) is 27.3 Å². The Labute approximate surface area is 173 Å². The highest BCUT2D eigenvalue weighted by Gasteiger charge is 2.13. The van der Waals surface area contributed by atoms with Crippen molar-refractivity contribution in [2.24, 2.45) is 0 Å². The number of halogens is 1. The van der Waals surface area contributed by atoms with Crippen LogP contribution in [0.2, 0.25) is 0 Å². The van der Waals surface area contributed by atoms with E-state index in [4.69, 9.17) is 4.74 Å². The van der Waals surface area contributed by atoms with Gasteiger partial charge in [0.25, 0.3) is 5.91 Å². The zero-order valence-electron chi connectivity index (χ0n) is 16.3. The molecule has 1 fully saturated rings. The van der Waals surface area contributed by atoms with Gasteiger partial charge in [-0.15, -0.1) is 5.10 Å². The first kappa shape index (κ1) is 19.6. The number of nitrogens with one attached hydrogen (secondary N) is 2. The minimum Gasteiger partial charge on any atom is -0.484 e. The number of aromatic nitrogens is 2. The summed E-state index contributed by atoms with van der Waals surface area (Å²) < 4.78 is 18.2. The topological polar surface area (TPSA) is 79.4 Å². The molecule has 1 amide bonds. The van der Waals surface area contributed by atoms with E-state index in [-0.39, 0.29) is 18.3 Å². The number of benzene rings is 2. The third kappa shape index (κ3) is 5.22. The predicted octanol–water partition coefficient (Wildman–Crippen LogP) is 3.98. The molecule has 2 heterocycles. The largest absolute Gasteiger partial charge is 0.484 e. The fourth-order valence-electron chi connectivity index (χ4n) is 3.23. The van der Waals surface area contributed by atoms with Gasteiger partial charge in [-0.2, -0.15) is 5.10 Å². The molecule has 0 spiro atoms. The van der Waals surface area contributed by atoms with Crippen LogP contribution in [0.1, 0.15) is 12.8 Å². The third-order valence-corrected chi connectivity index (χ3v) is 4.74. The molecular formula is C22H22FN5O2. The molecule has 7 nitrogen and oxygen atoms in total. The van der Waals surface area contributed by atoms with Crippen molar-refractivity contribution in [2.75, 3.05) is 35.2 Å². The van der Waals surface area contributed by atoms with Gasteiger partial charge < -0.3 is 20.3 Å². The number of ether oxygens (including phenoxy) is 1. The van der Waals surface area contributed by atoms with Crippen LogP contribution in [0.5, 0.6) is 5.75 Å². The van der Waals surface area contributed by atoms with Gasteiger partial charge in [0.2, 0.25) is 0 Å². The molecule has 2 N–H and O–H groups in total. The van der Waals surface area contributed by atoms with Crippen LogP contribution < -0.4 is 20.3 Å². The molecule has 0 unspecified atom stereocenters. The van der Waals surface area contributed by atoms with Gasteiger partial charge in [0, 0.05) is 30.5 Å². The Kier molecular flexibility index (Phi) is 6.03. The van der Waals surface area contributed by atoms with Gasteiger partial charge >= 0.3 is 0 Å². The highest BCUT2D eigenvalue weighted by atomic mass is 19.1. The van der Waals surface area contributed by atoms with Gasteiger partial charge in [0.05, 0.1) is 11.9 Å². The van der Waals surface area contributed by atoms with Crippen LogP contribution >= 0.6 is 0 Å². The van der Waals surface area contributed by atoms with Crippen molar-refractivity contribution in [3.05, 3.63) is 66.6 Å². The van der Waals surface area contributed by atoms with E-state index in [2.05, 4.69) is 25.7 Å².